The van der Waals surface area contributed by atoms with Crippen molar-refractivity contribution in [1.29, 1.82) is 0 Å². The standard InChI is InChI=1S/C20H27NO3/c1-5-15-12-16(7-9-18(15)22-2)17(13-21)10-14-6-8-19(23-3)20(11-14)24-4/h6-9,11-12,17H,5,10,13,21H2,1-4H3. The van der Waals surface area contributed by atoms with E-state index in [0.29, 0.717) is 6.54 Å². The topological polar surface area (TPSA) is 53.7 Å². The number of methoxy groups -OCH3 is 3. The molecule has 2 rings (SSSR count). The van der Waals surface area contributed by atoms with E-state index in [1.807, 2.05) is 18.2 Å². The van der Waals surface area contributed by atoms with Gasteiger partial charge in [-0.3, -0.25) is 0 Å². The van der Waals surface area contributed by atoms with Crippen LogP contribution in [0.5, 0.6) is 17.2 Å². The summed E-state index contributed by atoms with van der Waals surface area (Å²) in [5.74, 6) is 2.67. The Bertz CT molecular complexity index is 670. The third-order valence-corrected chi connectivity index (χ3v) is 4.37. The van der Waals surface area contributed by atoms with Gasteiger partial charge in [0.25, 0.3) is 0 Å². The van der Waals surface area contributed by atoms with Crippen molar-refractivity contribution in [2.24, 2.45) is 5.73 Å². The molecule has 24 heavy (non-hydrogen) atoms. The van der Waals surface area contributed by atoms with Gasteiger partial charge < -0.3 is 19.9 Å². The SMILES string of the molecule is CCc1cc(C(CN)Cc2ccc(OC)c(OC)c2)ccc1OC. The summed E-state index contributed by atoms with van der Waals surface area (Å²) < 4.78 is 16.1. The van der Waals surface area contributed by atoms with Crippen molar-refractivity contribution in [3.8, 4) is 17.2 Å². The molecule has 130 valence electrons. The highest BCUT2D eigenvalue weighted by molar-refractivity contribution is 5.44. The molecule has 1 unspecified atom stereocenters. The number of rotatable bonds is 8. The van der Waals surface area contributed by atoms with Crippen LogP contribution in [0.15, 0.2) is 36.4 Å². The maximum absolute atomic E-state index is 6.05. The third kappa shape index (κ3) is 4.01. The second kappa shape index (κ2) is 8.60. The van der Waals surface area contributed by atoms with E-state index in [9.17, 15) is 0 Å². The summed E-state index contributed by atoms with van der Waals surface area (Å²) in [4.78, 5) is 0. The fourth-order valence-electron chi connectivity index (χ4n) is 2.96. The van der Waals surface area contributed by atoms with Crippen LogP contribution in [0.25, 0.3) is 0 Å². The lowest BCUT2D eigenvalue weighted by Crippen LogP contribution is -2.15. The fraction of sp³-hybridized carbons (Fsp3) is 0.400. The number of hydrogen-bond acceptors (Lipinski definition) is 4. The van der Waals surface area contributed by atoms with Crippen LogP contribution in [0.3, 0.4) is 0 Å². The summed E-state index contributed by atoms with van der Waals surface area (Å²) in [7, 11) is 5.00. The Balaban J connectivity index is 2.26. The Kier molecular flexibility index (Phi) is 6.50. The van der Waals surface area contributed by atoms with Gasteiger partial charge in [0.15, 0.2) is 11.5 Å². The number of nitrogens with two attached hydrogens (primary N) is 1. The number of aryl methyl sites for hydroxylation is 1. The monoisotopic (exact) mass is 329 g/mol. The van der Waals surface area contributed by atoms with Gasteiger partial charge in [0, 0.05) is 5.92 Å². The van der Waals surface area contributed by atoms with E-state index in [-0.39, 0.29) is 5.92 Å². The Hall–Kier alpha value is -2.20. The average Bonchev–Trinajstić information content (AvgIpc) is 2.65. The Morgan fingerprint density at radius 3 is 2.12 bits per heavy atom. The van der Waals surface area contributed by atoms with Crippen molar-refractivity contribution in [3.05, 3.63) is 53.1 Å². The molecule has 2 aromatic carbocycles. The summed E-state index contributed by atoms with van der Waals surface area (Å²) in [6.45, 7) is 2.72. The maximum atomic E-state index is 6.05. The second-order valence-corrected chi connectivity index (χ2v) is 5.75. The molecule has 0 aliphatic rings. The molecule has 0 spiro atoms. The molecule has 2 aromatic rings. The number of hydrogen-bond donors (Lipinski definition) is 1. The van der Waals surface area contributed by atoms with Gasteiger partial charge in [-0.15, -0.1) is 0 Å². The first-order valence-corrected chi connectivity index (χ1v) is 8.24. The predicted octanol–water partition coefficient (Wildman–Crippen LogP) is 3.56. The van der Waals surface area contributed by atoms with Crippen molar-refractivity contribution in [2.45, 2.75) is 25.7 Å². The lowest BCUT2D eigenvalue weighted by molar-refractivity contribution is 0.354. The summed E-state index contributed by atoms with van der Waals surface area (Å²) >= 11 is 0. The molecular formula is C20H27NO3. The molecule has 0 saturated heterocycles. The zero-order valence-electron chi connectivity index (χ0n) is 15.0. The molecule has 2 N–H and O–H groups in total. The molecule has 0 amide bonds. The molecule has 4 nitrogen and oxygen atoms in total. The molecule has 0 bridgehead atoms. The number of benzene rings is 2. The van der Waals surface area contributed by atoms with Gasteiger partial charge in [-0.1, -0.05) is 25.1 Å². The van der Waals surface area contributed by atoms with Crippen LogP contribution in [0.4, 0.5) is 0 Å². The normalized spacial score (nSPS) is 11.9. The highest BCUT2D eigenvalue weighted by Gasteiger charge is 2.14. The summed E-state index contributed by atoms with van der Waals surface area (Å²) in [5, 5.41) is 0. The van der Waals surface area contributed by atoms with E-state index in [1.54, 1.807) is 21.3 Å². The lowest BCUT2D eigenvalue weighted by Gasteiger charge is -2.18. The highest BCUT2D eigenvalue weighted by Crippen LogP contribution is 2.31. The van der Waals surface area contributed by atoms with Crippen molar-refractivity contribution >= 4 is 0 Å². The minimum atomic E-state index is 0.249. The van der Waals surface area contributed by atoms with Crippen LogP contribution in [-0.2, 0) is 12.8 Å². The zero-order valence-corrected chi connectivity index (χ0v) is 15.0. The predicted molar refractivity (Wildman–Crippen MR) is 97.4 cm³/mol. The molecule has 0 saturated carbocycles. The summed E-state index contributed by atoms with van der Waals surface area (Å²) in [6, 6.07) is 12.4. The van der Waals surface area contributed by atoms with Crippen LogP contribution < -0.4 is 19.9 Å². The van der Waals surface area contributed by atoms with Crippen LogP contribution in [0, 0.1) is 0 Å². The van der Waals surface area contributed by atoms with Crippen molar-refractivity contribution in [1.82, 2.24) is 0 Å². The van der Waals surface area contributed by atoms with Crippen LogP contribution in [0.2, 0.25) is 0 Å². The first kappa shape index (κ1) is 18.1. The average molecular weight is 329 g/mol. The Morgan fingerprint density at radius 2 is 1.54 bits per heavy atom. The van der Waals surface area contributed by atoms with E-state index < -0.39 is 0 Å². The van der Waals surface area contributed by atoms with Crippen LogP contribution in [-0.4, -0.2) is 27.9 Å². The van der Waals surface area contributed by atoms with Crippen LogP contribution >= 0.6 is 0 Å². The molecule has 0 heterocycles. The largest absolute Gasteiger partial charge is 0.496 e. The van der Waals surface area contributed by atoms with Crippen molar-refractivity contribution in [2.75, 3.05) is 27.9 Å². The van der Waals surface area contributed by atoms with Gasteiger partial charge >= 0.3 is 0 Å². The first-order valence-electron chi connectivity index (χ1n) is 8.24. The van der Waals surface area contributed by atoms with Crippen LogP contribution in [0.1, 0.15) is 29.5 Å². The van der Waals surface area contributed by atoms with E-state index in [2.05, 4.69) is 25.1 Å². The molecular weight excluding hydrogens is 302 g/mol. The van der Waals surface area contributed by atoms with E-state index >= 15 is 0 Å². The summed E-state index contributed by atoms with van der Waals surface area (Å²) in [6.07, 6.45) is 1.79. The second-order valence-electron chi connectivity index (χ2n) is 5.75. The van der Waals surface area contributed by atoms with Gasteiger partial charge in [0.05, 0.1) is 21.3 Å². The maximum Gasteiger partial charge on any atom is 0.160 e. The highest BCUT2D eigenvalue weighted by atomic mass is 16.5. The number of ether oxygens (including phenoxy) is 3. The van der Waals surface area contributed by atoms with Gasteiger partial charge in [-0.05, 0) is 54.3 Å². The minimum absolute atomic E-state index is 0.249. The molecule has 4 heteroatoms. The van der Waals surface area contributed by atoms with Gasteiger partial charge in [0.2, 0.25) is 0 Å². The van der Waals surface area contributed by atoms with Gasteiger partial charge in [-0.25, -0.2) is 0 Å². The molecule has 0 fully saturated rings. The fourth-order valence-corrected chi connectivity index (χ4v) is 2.96. The minimum Gasteiger partial charge on any atom is -0.496 e. The molecule has 1 atom stereocenters. The van der Waals surface area contributed by atoms with Gasteiger partial charge in [-0.2, -0.15) is 0 Å². The Morgan fingerprint density at radius 1 is 0.875 bits per heavy atom. The summed E-state index contributed by atoms with van der Waals surface area (Å²) in [5.41, 5.74) is 9.68. The molecule has 0 radical (unpaired) electrons. The van der Waals surface area contributed by atoms with Gasteiger partial charge in [0.1, 0.15) is 5.75 Å². The Labute approximate surface area is 144 Å². The first-order chi connectivity index (χ1) is 11.7. The van der Waals surface area contributed by atoms with Crippen molar-refractivity contribution in [3.63, 3.8) is 0 Å². The van der Waals surface area contributed by atoms with E-state index in [4.69, 9.17) is 19.9 Å². The van der Waals surface area contributed by atoms with Crippen molar-refractivity contribution < 1.29 is 14.2 Å². The zero-order chi connectivity index (χ0) is 17.5. The molecule has 0 aromatic heterocycles. The lowest BCUT2D eigenvalue weighted by atomic mass is 9.90. The molecule has 0 aliphatic heterocycles. The molecule has 0 aliphatic carbocycles. The quantitative estimate of drug-likeness (QED) is 0.804. The third-order valence-electron chi connectivity index (χ3n) is 4.37. The smallest absolute Gasteiger partial charge is 0.160 e. The van der Waals surface area contributed by atoms with E-state index in [0.717, 1.165) is 30.1 Å². The van der Waals surface area contributed by atoms with E-state index in [1.165, 1.54) is 16.7 Å².